The van der Waals surface area contributed by atoms with Crippen LogP contribution in [0.3, 0.4) is 0 Å². The molecule has 1 amide bonds. The number of ketones is 1. The van der Waals surface area contributed by atoms with E-state index in [1.165, 1.54) is 23.1 Å². The van der Waals surface area contributed by atoms with Crippen molar-refractivity contribution in [2.24, 2.45) is 5.92 Å². The molecule has 0 atom stereocenters. The molecule has 0 bridgehead atoms. The van der Waals surface area contributed by atoms with Crippen LogP contribution in [-0.2, 0) is 0 Å². The van der Waals surface area contributed by atoms with Crippen LogP contribution in [0, 0.1) is 17.6 Å². The number of carbonyl (C=O) groups is 3. The number of hydrogen-bond acceptors (Lipinski definition) is 4. The zero-order chi connectivity index (χ0) is 19.6. The first-order chi connectivity index (χ1) is 12.9. The Balaban J connectivity index is 1.67. The second kappa shape index (κ2) is 7.61. The molecule has 3 rings (SSSR count). The molecule has 2 heterocycles. The predicted molar refractivity (Wildman–Crippen MR) is 90.5 cm³/mol. The second-order valence-corrected chi connectivity index (χ2v) is 6.27. The van der Waals surface area contributed by atoms with E-state index in [1.807, 2.05) is 0 Å². The van der Waals surface area contributed by atoms with Crippen molar-refractivity contribution in [1.82, 2.24) is 9.88 Å². The summed E-state index contributed by atoms with van der Waals surface area (Å²) in [6, 6.07) is 6.91. The molecule has 0 spiro atoms. The number of aromatic nitrogens is 1. The van der Waals surface area contributed by atoms with Gasteiger partial charge in [0.2, 0.25) is 0 Å². The summed E-state index contributed by atoms with van der Waals surface area (Å²) in [5.41, 5.74) is -0.501. The normalized spacial score (nSPS) is 14.8. The first-order valence-electron chi connectivity index (χ1n) is 8.35. The topological polar surface area (TPSA) is 87.6 Å². The van der Waals surface area contributed by atoms with Crippen molar-refractivity contribution in [2.45, 2.75) is 12.8 Å². The van der Waals surface area contributed by atoms with Crippen LogP contribution in [-0.4, -0.2) is 45.7 Å². The second-order valence-electron chi connectivity index (χ2n) is 6.27. The average molecular weight is 374 g/mol. The summed E-state index contributed by atoms with van der Waals surface area (Å²) in [4.78, 5) is 41.2. The Kier molecular flexibility index (Phi) is 5.25. The summed E-state index contributed by atoms with van der Waals surface area (Å²) in [5.74, 6) is -4.10. The van der Waals surface area contributed by atoms with Gasteiger partial charge in [-0.2, -0.15) is 0 Å². The maximum absolute atomic E-state index is 13.8. The molecule has 1 aromatic heterocycles. The Hall–Kier alpha value is -3.16. The van der Waals surface area contributed by atoms with E-state index in [0.717, 1.165) is 18.2 Å². The average Bonchev–Trinajstić information content (AvgIpc) is 2.69. The number of benzene rings is 1. The fourth-order valence-electron chi connectivity index (χ4n) is 3.09. The fourth-order valence-corrected chi connectivity index (χ4v) is 3.09. The quantitative estimate of drug-likeness (QED) is 0.832. The third-order valence-electron chi connectivity index (χ3n) is 4.53. The molecule has 8 heteroatoms. The zero-order valence-electron chi connectivity index (χ0n) is 14.2. The van der Waals surface area contributed by atoms with Crippen LogP contribution in [0.2, 0.25) is 0 Å². The van der Waals surface area contributed by atoms with Crippen LogP contribution in [0.1, 0.15) is 44.2 Å². The Bertz CT molecular complexity index is 908. The number of Topliss-reactive ketones (excluding diaryl/α,β-unsaturated/α-hetero) is 1. The van der Waals surface area contributed by atoms with E-state index >= 15 is 0 Å². The number of carboxylic acid groups (broad SMARTS) is 1. The molecule has 140 valence electrons. The lowest BCUT2D eigenvalue weighted by molar-refractivity contribution is 0.0642. The van der Waals surface area contributed by atoms with Gasteiger partial charge in [-0.3, -0.25) is 9.59 Å². The van der Waals surface area contributed by atoms with Crippen molar-refractivity contribution in [1.29, 1.82) is 0 Å². The number of likely N-dealkylation sites (tertiary alicyclic amines) is 1. The van der Waals surface area contributed by atoms with E-state index in [2.05, 4.69) is 4.98 Å². The van der Waals surface area contributed by atoms with Gasteiger partial charge in [-0.15, -0.1) is 0 Å². The molecule has 1 aliphatic heterocycles. The summed E-state index contributed by atoms with van der Waals surface area (Å²) in [5, 5.41) is 8.97. The fraction of sp³-hybridized carbons (Fsp3) is 0.263. The van der Waals surface area contributed by atoms with Crippen molar-refractivity contribution in [3.63, 3.8) is 0 Å². The molecule has 0 aliphatic carbocycles. The Morgan fingerprint density at radius 3 is 2.37 bits per heavy atom. The maximum Gasteiger partial charge on any atom is 0.354 e. The van der Waals surface area contributed by atoms with Gasteiger partial charge in [0.25, 0.3) is 5.91 Å². The van der Waals surface area contributed by atoms with Crippen molar-refractivity contribution < 1.29 is 28.3 Å². The van der Waals surface area contributed by atoms with Gasteiger partial charge in [0.05, 0.1) is 5.56 Å². The highest BCUT2D eigenvalue weighted by molar-refractivity contribution is 5.98. The molecule has 27 heavy (non-hydrogen) atoms. The van der Waals surface area contributed by atoms with Gasteiger partial charge in [-0.1, -0.05) is 6.07 Å². The number of piperidine rings is 1. The van der Waals surface area contributed by atoms with Crippen LogP contribution in [0.5, 0.6) is 0 Å². The summed E-state index contributed by atoms with van der Waals surface area (Å²) in [7, 11) is 0. The molecule has 6 nitrogen and oxygen atoms in total. The summed E-state index contributed by atoms with van der Waals surface area (Å²) < 4.78 is 27.1. The third kappa shape index (κ3) is 3.99. The maximum atomic E-state index is 13.8. The van der Waals surface area contributed by atoms with E-state index in [-0.39, 0.29) is 30.0 Å². The number of aromatic carboxylic acids is 1. The lowest BCUT2D eigenvalue weighted by Gasteiger charge is -2.31. The Morgan fingerprint density at radius 1 is 1.04 bits per heavy atom. The molecule has 1 saturated heterocycles. The number of amides is 1. The minimum Gasteiger partial charge on any atom is -0.477 e. The molecule has 0 unspecified atom stereocenters. The molecule has 2 aromatic rings. The molecular weight excluding hydrogens is 358 g/mol. The number of hydrogen-bond donors (Lipinski definition) is 1. The number of halogens is 2. The highest BCUT2D eigenvalue weighted by Crippen LogP contribution is 2.24. The van der Waals surface area contributed by atoms with Crippen LogP contribution >= 0.6 is 0 Å². The van der Waals surface area contributed by atoms with Gasteiger partial charge >= 0.3 is 5.97 Å². The van der Waals surface area contributed by atoms with Gasteiger partial charge in [0, 0.05) is 19.0 Å². The summed E-state index contributed by atoms with van der Waals surface area (Å²) in [6.45, 7) is 0.482. The van der Waals surface area contributed by atoms with Crippen molar-refractivity contribution in [3.8, 4) is 0 Å². The van der Waals surface area contributed by atoms with Gasteiger partial charge in [-0.05, 0) is 43.2 Å². The van der Waals surface area contributed by atoms with Crippen LogP contribution < -0.4 is 0 Å². The van der Waals surface area contributed by atoms with Crippen molar-refractivity contribution in [3.05, 3.63) is 65.0 Å². The summed E-state index contributed by atoms with van der Waals surface area (Å²) in [6.07, 6.45) is 0.609. The lowest BCUT2D eigenvalue weighted by atomic mass is 9.88. The molecule has 1 aliphatic rings. The Morgan fingerprint density at radius 2 is 1.70 bits per heavy atom. The van der Waals surface area contributed by atoms with E-state index < -0.39 is 35.2 Å². The highest BCUT2D eigenvalue weighted by Gasteiger charge is 2.30. The summed E-state index contributed by atoms with van der Waals surface area (Å²) >= 11 is 0. The number of carboxylic acids is 1. The van der Waals surface area contributed by atoms with Gasteiger partial charge in [0.1, 0.15) is 23.0 Å². The smallest absolute Gasteiger partial charge is 0.354 e. The number of carbonyl (C=O) groups excluding carboxylic acids is 2. The van der Waals surface area contributed by atoms with Crippen LogP contribution in [0.25, 0.3) is 0 Å². The minimum atomic E-state index is -1.23. The largest absolute Gasteiger partial charge is 0.477 e. The van der Waals surface area contributed by atoms with Crippen molar-refractivity contribution >= 4 is 17.7 Å². The van der Waals surface area contributed by atoms with Gasteiger partial charge < -0.3 is 10.0 Å². The molecule has 0 saturated carbocycles. The lowest BCUT2D eigenvalue weighted by Crippen LogP contribution is -2.40. The zero-order valence-corrected chi connectivity index (χ0v) is 14.2. The molecule has 1 fully saturated rings. The minimum absolute atomic E-state index is 0.0100. The van der Waals surface area contributed by atoms with Gasteiger partial charge in [0.15, 0.2) is 5.78 Å². The SMILES string of the molecule is O=C(O)c1cccc(C(=O)N2CCC(C(=O)c3cc(F)ccc3F)CC2)n1. The number of rotatable bonds is 4. The van der Waals surface area contributed by atoms with Crippen LogP contribution in [0.4, 0.5) is 8.78 Å². The third-order valence-corrected chi connectivity index (χ3v) is 4.53. The molecule has 0 radical (unpaired) electrons. The standard InChI is InChI=1S/C19H16F2N2O4/c20-12-4-5-14(21)13(10-12)17(24)11-6-8-23(9-7-11)18(25)15-2-1-3-16(22-15)19(26)27/h1-5,10-11H,6-9H2,(H,26,27). The number of nitrogens with zero attached hydrogens (tertiary/aromatic N) is 2. The number of pyridine rings is 1. The monoisotopic (exact) mass is 374 g/mol. The Labute approximate surface area is 153 Å². The molecular formula is C19H16F2N2O4. The highest BCUT2D eigenvalue weighted by atomic mass is 19.1. The van der Waals surface area contributed by atoms with E-state index in [9.17, 15) is 23.2 Å². The van der Waals surface area contributed by atoms with E-state index in [4.69, 9.17) is 5.11 Å². The van der Waals surface area contributed by atoms with Crippen molar-refractivity contribution in [2.75, 3.05) is 13.1 Å². The van der Waals surface area contributed by atoms with E-state index in [1.54, 1.807) is 0 Å². The molecule has 1 aromatic carbocycles. The van der Waals surface area contributed by atoms with Gasteiger partial charge in [-0.25, -0.2) is 18.6 Å². The van der Waals surface area contributed by atoms with Crippen LogP contribution in [0.15, 0.2) is 36.4 Å². The first kappa shape index (κ1) is 18.6. The predicted octanol–water partition coefficient (Wildman–Crippen LogP) is 2.79. The van der Waals surface area contributed by atoms with E-state index in [0.29, 0.717) is 12.8 Å². The first-order valence-corrected chi connectivity index (χ1v) is 8.35. The molecule has 1 N–H and O–H groups in total.